The first kappa shape index (κ1) is 10.7. The highest BCUT2D eigenvalue weighted by Crippen LogP contribution is 2.26. The van der Waals surface area contributed by atoms with Crippen LogP contribution in [0.3, 0.4) is 0 Å². The van der Waals surface area contributed by atoms with Gasteiger partial charge >= 0.3 is 5.97 Å². The molecule has 0 saturated carbocycles. The molecule has 2 rings (SSSR count). The minimum Gasteiger partial charge on any atom is -0.508 e. The molecule has 1 atom stereocenters. The fourth-order valence-corrected chi connectivity index (χ4v) is 2.04. The zero-order valence-corrected chi connectivity index (χ0v) is 8.97. The molecule has 0 aliphatic carbocycles. The molecular weight excluding hydrogens is 210 g/mol. The van der Waals surface area contributed by atoms with E-state index in [9.17, 15) is 14.7 Å². The highest BCUT2D eigenvalue weighted by molar-refractivity contribution is 5.75. The van der Waals surface area contributed by atoms with E-state index in [4.69, 9.17) is 4.74 Å². The number of carbonyl (C=O) groups is 1. The van der Waals surface area contributed by atoms with Crippen LogP contribution in [0.1, 0.15) is 25.1 Å². The molecule has 0 fully saturated rings. The first-order chi connectivity index (χ1) is 7.63. The van der Waals surface area contributed by atoms with Crippen LogP contribution in [-0.4, -0.2) is 22.2 Å². The van der Waals surface area contributed by atoms with Crippen molar-refractivity contribution in [1.82, 2.24) is 4.57 Å². The monoisotopic (exact) mass is 223 g/mol. The van der Waals surface area contributed by atoms with Crippen LogP contribution in [0.2, 0.25) is 0 Å². The summed E-state index contributed by atoms with van der Waals surface area (Å²) < 4.78 is 6.31. The van der Waals surface area contributed by atoms with Gasteiger partial charge in [0, 0.05) is 11.8 Å². The lowest BCUT2D eigenvalue weighted by molar-refractivity contribution is -0.147. The van der Waals surface area contributed by atoms with Gasteiger partial charge < -0.3 is 9.84 Å². The van der Waals surface area contributed by atoms with E-state index >= 15 is 0 Å². The third-order valence-electron chi connectivity index (χ3n) is 2.68. The lowest BCUT2D eigenvalue weighted by Crippen LogP contribution is -2.28. The van der Waals surface area contributed by atoms with Crippen molar-refractivity contribution in [1.29, 1.82) is 0 Å². The normalized spacial score (nSPS) is 18.2. The molecule has 1 aliphatic heterocycles. The summed E-state index contributed by atoms with van der Waals surface area (Å²) in [4.78, 5) is 23.2. The lowest BCUT2D eigenvalue weighted by atomic mass is 10.2. The van der Waals surface area contributed by atoms with Crippen LogP contribution in [0, 0.1) is 0 Å². The average molecular weight is 223 g/mol. The summed E-state index contributed by atoms with van der Waals surface area (Å²) in [6.07, 6.45) is 1.16. The van der Waals surface area contributed by atoms with Crippen LogP contribution in [0.25, 0.3) is 0 Å². The third-order valence-corrected chi connectivity index (χ3v) is 2.68. The summed E-state index contributed by atoms with van der Waals surface area (Å²) in [5.41, 5.74) is 0.327. The Labute approximate surface area is 92.3 Å². The topological polar surface area (TPSA) is 68.5 Å². The molecule has 0 spiro atoms. The van der Waals surface area contributed by atoms with Gasteiger partial charge in [0.25, 0.3) is 5.56 Å². The maximum atomic E-state index is 11.6. The van der Waals surface area contributed by atoms with E-state index in [1.165, 1.54) is 10.6 Å². The van der Waals surface area contributed by atoms with Gasteiger partial charge in [0.05, 0.1) is 6.61 Å². The zero-order valence-electron chi connectivity index (χ0n) is 8.97. The van der Waals surface area contributed by atoms with E-state index in [1.807, 2.05) is 0 Å². The van der Waals surface area contributed by atoms with Crippen molar-refractivity contribution in [2.45, 2.75) is 25.8 Å². The minimum atomic E-state index is -0.539. The number of hydrogen-bond donors (Lipinski definition) is 1. The number of ether oxygens (including phenoxy) is 1. The molecule has 86 valence electrons. The third kappa shape index (κ3) is 1.68. The summed E-state index contributed by atoms with van der Waals surface area (Å²) >= 11 is 0. The first-order valence-corrected chi connectivity index (χ1v) is 5.24. The number of rotatable bonds is 2. The Balaban J connectivity index is 2.40. The molecule has 0 bridgehead atoms. The zero-order chi connectivity index (χ0) is 11.7. The smallest absolute Gasteiger partial charge is 0.329 e. The van der Waals surface area contributed by atoms with E-state index < -0.39 is 6.04 Å². The van der Waals surface area contributed by atoms with Crippen molar-refractivity contribution < 1.29 is 14.6 Å². The van der Waals surface area contributed by atoms with Gasteiger partial charge in [0.2, 0.25) is 0 Å². The minimum absolute atomic E-state index is 0.0549. The largest absolute Gasteiger partial charge is 0.508 e. The Morgan fingerprint density at radius 1 is 1.62 bits per heavy atom. The van der Waals surface area contributed by atoms with Gasteiger partial charge in [-0.3, -0.25) is 9.36 Å². The number of aryl methyl sites for hydroxylation is 1. The van der Waals surface area contributed by atoms with Gasteiger partial charge in [-0.15, -0.1) is 0 Å². The summed E-state index contributed by atoms with van der Waals surface area (Å²) in [6, 6.07) is 2.09. The number of nitrogens with zero attached hydrogens (tertiary/aromatic N) is 1. The average Bonchev–Trinajstić information content (AvgIpc) is 2.61. The maximum absolute atomic E-state index is 11.6. The molecule has 0 unspecified atom stereocenters. The number of hydrogen-bond acceptors (Lipinski definition) is 4. The van der Waals surface area contributed by atoms with Crippen molar-refractivity contribution in [3.05, 3.63) is 28.2 Å². The van der Waals surface area contributed by atoms with Crippen molar-refractivity contribution in [2.24, 2.45) is 0 Å². The van der Waals surface area contributed by atoms with E-state index in [-0.39, 0.29) is 17.3 Å². The van der Waals surface area contributed by atoms with Gasteiger partial charge in [0.1, 0.15) is 11.8 Å². The standard InChI is InChI=1S/C11H13NO4/c1-2-16-11(15)9-4-3-7-5-8(13)6-10(14)12(7)9/h5-6,9,13H,2-4H2,1H3/t9-/m0/s1. The Hall–Kier alpha value is -1.78. The van der Waals surface area contributed by atoms with Crippen LogP contribution in [0.5, 0.6) is 5.75 Å². The van der Waals surface area contributed by atoms with Gasteiger partial charge in [-0.05, 0) is 25.8 Å². The number of carbonyl (C=O) groups excluding carboxylic acids is 1. The van der Waals surface area contributed by atoms with Crippen molar-refractivity contribution in [2.75, 3.05) is 6.61 Å². The molecule has 1 aliphatic rings. The second-order valence-electron chi connectivity index (χ2n) is 3.72. The lowest BCUT2D eigenvalue weighted by Gasteiger charge is -2.12. The highest BCUT2D eigenvalue weighted by Gasteiger charge is 2.30. The van der Waals surface area contributed by atoms with Crippen LogP contribution in [-0.2, 0) is 16.0 Å². The van der Waals surface area contributed by atoms with Crippen LogP contribution < -0.4 is 5.56 Å². The number of pyridine rings is 1. The summed E-state index contributed by atoms with van der Waals surface area (Å²) in [7, 11) is 0. The molecule has 0 amide bonds. The van der Waals surface area contributed by atoms with Crippen LogP contribution in [0.4, 0.5) is 0 Å². The second kappa shape index (κ2) is 4.00. The number of aromatic nitrogens is 1. The molecule has 0 radical (unpaired) electrons. The number of aromatic hydroxyl groups is 1. The number of fused-ring (bicyclic) bond motifs is 1. The highest BCUT2D eigenvalue weighted by atomic mass is 16.5. The Kier molecular flexibility index (Phi) is 2.68. The van der Waals surface area contributed by atoms with Crippen LogP contribution >= 0.6 is 0 Å². The molecule has 5 heteroatoms. The molecule has 2 heterocycles. The van der Waals surface area contributed by atoms with Crippen molar-refractivity contribution >= 4 is 5.97 Å². The predicted octanol–water partition coefficient (Wildman–Crippen LogP) is 0.604. The second-order valence-corrected chi connectivity index (χ2v) is 3.72. The van der Waals surface area contributed by atoms with Gasteiger partial charge in [0.15, 0.2) is 0 Å². The fraction of sp³-hybridized carbons (Fsp3) is 0.455. The molecule has 1 N–H and O–H groups in total. The van der Waals surface area contributed by atoms with E-state index in [2.05, 4.69) is 0 Å². The fourth-order valence-electron chi connectivity index (χ4n) is 2.04. The number of esters is 1. The SMILES string of the molecule is CCOC(=O)[C@@H]1CCc2cc(O)cc(=O)n21. The van der Waals surface area contributed by atoms with Gasteiger partial charge in [-0.1, -0.05) is 0 Å². The van der Waals surface area contributed by atoms with E-state index in [1.54, 1.807) is 6.92 Å². The Bertz CT molecular complexity index is 477. The molecule has 16 heavy (non-hydrogen) atoms. The van der Waals surface area contributed by atoms with Crippen molar-refractivity contribution in [3.8, 4) is 5.75 Å². The van der Waals surface area contributed by atoms with Gasteiger partial charge in [-0.2, -0.15) is 0 Å². The first-order valence-electron chi connectivity index (χ1n) is 5.24. The van der Waals surface area contributed by atoms with Crippen molar-refractivity contribution in [3.63, 3.8) is 0 Å². The summed E-state index contributed by atoms with van der Waals surface area (Å²) in [6.45, 7) is 2.03. The van der Waals surface area contributed by atoms with Crippen LogP contribution in [0.15, 0.2) is 16.9 Å². The summed E-state index contributed by atoms with van der Waals surface area (Å²) in [5.74, 6) is -0.435. The Morgan fingerprint density at radius 3 is 3.06 bits per heavy atom. The molecule has 1 aromatic rings. The molecule has 0 aromatic carbocycles. The molecule has 5 nitrogen and oxygen atoms in total. The molecular formula is C11H13NO4. The van der Waals surface area contributed by atoms with Gasteiger partial charge in [-0.25, -0.2) is 4.79 Å². The molecule has 1 aromatic heterocycles. The molecule has 0 saturated heterocycles. The maximum Gasteiger partial charge on any atom is 0.329 e. The van der Waals surface area contributed by atoms with E-state index in [0.717, 1.165) is 6.07 Å². The summed E-state index contributed by atoms with van der Waals surface area (Å²) in [5, 5.41) is 9.28. The predicted molar refractivity (Wildman–Crippen MR) is 56.4 cm³/mol. The van der Waals surface area contributed by atoms with E-state index in [0.29, 0.717) is 25.1 Å². The Morgan fingerprint density at radius 2 is 2.38 bits per heavy atom. The quantitative estimate of drug-likeness (QED) is 0.745.